The molecule has 0 spiro atoms. The van der Waals surface area contributed by atoms with Gasteiger partial charge in [0.2, 0.25) is 0 Å². The molecule has 3 aromatic rings. The highest BCUT2D eigenvalue weighted by atomic mass is 16.5. The van der Waals surface area contributed by atoms with E-state index in [4.69, 9.17) is 9.63 Å². The maximum atomic E-state index is 9.71. The number of aromatic nitrogens is 3. The summed E-state index contributed by atoms with van der Waals surface area (Å²) in [5, 5.41) is 22.5. The summed E-state index contributed by atoms with van der Waals surface area (Å²) >= 11 is 0. The van der Waals surface area contributed by atoms with E-state index in [9.17, 15) is 5.11 Å². The number of imidazole rings is 1. The predicted octanol–water partition coefficient (Wildman–Crippen LogP) is 2.37. The Hall–Kier alpha value is -2.88. The lowest BCUT2D eigenvalue weighted by molar-refractivity contribution is 0.184. The second kappa shape index (κ2) is 7.79. The Balaban J connectivity index is 1.73. The first-order chi connectivity index (χ1) is 12.2. The maximum Gasteiger partial charge on any atom is 0.167 e. The van der Waals surface area contributed by atoms with Crippen LogP contribution in [0.25, 0.3) is 11.3 Å². The quantitative estimate of drug-likeness (QED) is 0.698. The van der Waals surface area contributed by atoms with Gasteiger partial charge in [0, 0.05) is 36.0 Å². The van der Waals surface area contributed by atoms with Crippen molar-refractivity contribution in [2.24, 2.45) is 0 Å². The highest BCUT2D eigenvalue weighted by molar-refractivity contribution is 5.59. The predicted molar refractivity (Wildman–Crippen MR) is 92.5 cm³/mol. The minimum Gasteiger partial charge on any atom is -0.395 e. The Morgan fingerprint density at radius 2 is 2.08 bits per heavy atom. The van der Waals surface area contributed by atoms with Crippen molar-refractivity contribution in [3.8, 4) is 23.2 Å². The van der Waals surface area contributed by atoms with Gasteiger partial charge >= 0.3 is 0 Å². The Morgan fingerprint density at radius 1 is 1.28 bits per heavy atom. The lowest BCUT2D eigenvalue weighted by Crippen LogP contribution is -2.07. The molecule has 0 saturated carbocycles. The third kappa shape index (κ3) is 4.15. The van der Waals surface area contributed by atoms with E-state index >= 15 is 0 Å². The number of aliphatic hydroxyl groups is 2. The zero-order valence-corrected chi connectivity index (χ0v) is 13.9. The summed E-state index contributed by atoms with van der Waals surface area (Å²) < 4.78 is 7.26. The zero-order chi connectivity index (χ0) is 17.6. The molecule has 2 heterocycles. The van der Waals surface area contributed by atoms with Gasteiger partial charge < -0.3 is 19.3 Å². The SMILES string of the molecule is CC(O)c1nccn1Cc1cc(-c2ccc(C#CCCO)cc2)on1. The maximum absolute atomic E-state index is 9.71. The summed E-state index contributed by atoms with van der Waals surface area (Å²) in [6.45, 7) is 2.23. The molecule has 0 aliphatic carbocycles. The summed E-state index contributed by atoms with van der Waals surface area (Å²) in [5.41, 5.74) is 2.55. The molecule has 2 N–H and O–H groups in total. The van der Waals surface area contributed by atoms with Gasteiger partial charge in [-0.15, -0.1) is 0 Å². The topological polar surface area (TPSA) is 84.3 Å². The number of aliphatic hydroxyl groups excluding tert-OH is 2. The average molecular weight is 337 g/mol. The third-order valence-electron chi connectivity index (χ3n) is 3.65. The molecule has 6 heteroatoms. The molecule has 6 nitrogen and oxygen atoms in total. The third-order valence-corrected chi connectivity index (χ3v) is 3.65. The van der Waals surface area contributed by atoms with Crippen LogP contribution in [0, 0.1) is 11.8 Å². The Bertz CT molecular complexity index is 883. The molecule has 0 bridgehead atoms. The van der Waals surface area contributed by atoms with Crippen LogP contribution in [0.2, 0.25) is 0 Å². The van der Waals surface area contributed by atoms with Gasteiger partial charge in [0.15, 0.2) is 5.76 Å². The van der Waals surface area contributed by atoms with Crippen LogP contribution in [0.15, 0.2) is 47.2 Å². The largest absolute Gasteiger partial charge is 0.395 e. The van der Waals surface area contributed by atoms with Crippen LogP contribution in [0.3, 0.4) is 0 Å². The minimum absolute atomic E-state index is 0.0691. The van der Waals surface area contributed by atoms with Gasteiger partial charge in [-0.25, -0.2) is 4.98 Å². The van der Waals surface area contributed by atoms with Crippen LogP contribution in [-0.2, 0) is 6.54 Å². The molecule has 1 unspecified atom stereocenters. The summed E-state index contributed by atoms with van der Waals surface area (Å²) in [5.74, 6) is 7.14. The number of hydrogen-bond donors (Lipinski definition) is 2. The smallest absolute Gasteiger partial charge is 0.167 e. The Kier molecular flexibility index (Phi) is 5.29. The Morgan fingerprint density at radius 3 is 2.80 bits per heavy atom. The van der Waals surface area contributed by atoms with Crippen molar-refractivity contribution in [2.75, 3.05) is 6.61 Å². The molecular weight excluding hydrogens is 318 g/mol. The molecule has 0 amide bonds. The lowest BCUT2D eigenvalue weighted by Gasteiger charge is -2.07. The van der Waals surface area contributed by atoms with Crippen LogP contribution in [0.1, 0.15) is 36.5 Å². The van der Waals surface area contributed by atoms with Crippen LogP contribution >= 0.6 is 0 Å². The van der Waals surface area contributed by atoms with Gasteiger partial charge in [0.05, 0.1) is 13.2 Å². The van der Waals surface area contributed by atoms with Gasteiger partial charge in [0.1, 0.15) is 17.6 Å². The second-order valence-electron chi connectivity index (χ2n) is 5.62. The van der Waals surface area contributed by atoms with E-state index < -0.39 is 6.10 Å². The average Bonchev–Trinajstić information content (AvgIpc) is 3.26. The zero-order valence-electron chi connectivity index (χ0n) is 13.9. The molecule has 0 radical (unpaired) electrons. The van der Waals surface area contributed by atoms with Crippen LogP contribution in [0.5, 0.6) is 0 Å². The summed E-state index contributed by atoms with van der Waals surface area (Å²) in [7, 11) is 0. The number of benzene rings is 1. The first-order valence-electron chi connectivity index (χ1n) is 8.02. The van der Waals surface area contributed by atoms with E-state index in [2.05, 4.69) is 22.0 Å². The number of hydrogen-bond acceptors (Lipinski definition) is 5. The molecule has 25 heavy (non-hydrogen) atoms. The van der Waals surface area contributed by atoms with E-state index in [1.807, 2.05) is 34.9 Å². The second-order valence-corrected chi connectivity index (χ2v) is 5.62. The van der Waals surface area contributed by atoms with Crippen molar-refractivity contribution in [2.45, 2.75) is 26.0 Å². The van der Waals surface area contributed by atoms with Crippen LogP contribution in [-0.4, -0.2) is 31.5 Å². The molecule has 0 fully saturated rings. The summed E-state index contributed by atoms with van der Waals surface area (Å²) in [4.78, 5) is 4.14. The fraction of sp³-hybridized carbons (Fsp3) is 0.263. The number of rotatable bonds is 5. The molecule has 3 rings (SSSR count). The van der Waals surface area contributed by atoms with Crippen LogP contribution in [0.4, 0.5) is 0 Å². The highest BCUT2D eigenvalue weighted by Gasteiger charge is 2.12. The molecule has 0 saturated heterocycles. The molecular formula is C19H19N3O3. The summed E-state index contributed by atoms with van der Waals surface area (Å²) in [6, 6.07) is 9.53. The van der Waals surface area contributed by atoms with E-state index in [-0.39, 0.29) is 6.61 Å². The molecule has 128 valence electrons. The first kappa shape index (κ1) is 17.0. The fourth-order valence-electron chi connectivity index (χ4n) is 2.46. The first-order valence-corrected chi connectivity index (χ1v) is 8.02. The normalized spacial score (nSPS) is 11.8. The fourth-order valence-corrected chi connectivity index (χ4v) is 2.46. The molecule has 1 atom stereocenters. The van der Waals surface area contributed by atoms with Crippen molar-refractivity contribution >= 4 is 0 Å². The summed E-state index contributed by atoms with van der Waals surface area (Å²) in [6.07, 6.45) is 3.28. The van der Waals surface area contributed by atoms with Gasteiger partial charge in [-0.1, -0.05) is 17.0 Å². The van der Waals surface area contributed by atoms with Gasteiger partial charge in [0.25, 0.3) is 0 Å². The number of nitrogens with zero attached hydrogens (tertiary/aromatic N) is 3. The molecule has 2 aromatic heterocycles. The van der Waals surface area contributed by atoms with Gasteiger partial charge in [-0.2, -0.15) is 0 Å². The monoisotopic (exact) mass is 337 g/mol. The molecule has 0 aliphatic heterocycles. The van der Waals surface area contributed by atoms with Crippen molar-refractivity contribution in [3.63, 3.8) is 0 Å². The minimum atomic E-state index is -0.638. The lowest BCUT2D eigenvalue weighted by atomic mass is 10.1. The van der Waals surface area contributed by atoms with Gasteiger partial charge in [-0.3, -0.25) is 0 Å². The molecule has 1 aromatic carbocycles. The van der Waals surface area contributed by atoms with Crippen molar-refractivity contribution in [1.29, 1.82) is 0 Å². The molecule has 0 aliphatic rings. The van der Waals surface area contributed by atoms with Gasteiger partial charge in [-0.05, 0) is 31.2 Å². The van der Waals surface area contributed by atoms with E-state index in [0.717, 1.165) is 16.8 Å². The van der Waals surface area contributed by atoms with Crippen molar-refractivity contribution in [3.05, 3.63) is 59.8 Å². The van der Waals surface area contributed by atoms with E-state index in [1.54, 1.807) is 19.3 Å². The van der Waals surface area contributed by atoms with E-state index in [0.29, 0.717) is 24.6 Å². The van der Waals surface area contributed by atoms with Crippen LogP contribution < -0.4 is 0 Å². The van der Waals surface area contributed by atoms with E-state index in [1.165, 1.54) is 0 Å². The highest BCUT2D eigenvalue weighted by Crippen LogP contribution is 2.21. The Labute approximate surface area is 145 Å². The standard InChI is InChI=1S/C19H19N3O3/c1-14(24)19-20-9-10-22(19)13-17-12-18(25-21-17)16-7-5-15(6-8-16)4-2-3-11-23/h5-10,12,14,23-24H,3,11,13H2,1H3. The van der Waals surface area contributed by atoms with Crippen molar-refractivity contribution < 1.29 is 14.7 Å². The van der Waals surface area contributed by atoms with Crippen molar-refractivity contribution in [1.82, 2.24) is 14.7 Å².